The first-order chi connectivity index (χ1) is 10.1. The molecule has 3 heterocycles. The van der Waals surface area contributed by atoms with Crippen molar-refractivity contribution in [3.63, 3.8) is 0 Å². The largest absolute Gasteiger partial charge is 0.326 e. The van der Waals surface area contributed by atoms with Crippen molar-refractivity contribution in [2.75, 3.05) is 19.6 Å². The van der Waals surface area contributed by atoms with Crippen molar-refractivity contribution < 1.29 is 0 Å². The molecule has 1 aromatic rings. The van der Waals surface area contributed by atoms with Crippen LogP contribution in [-0.2, 0) is 0 Å². The first kappa shape index (κ1) is 15.5. The van der Waals surface area contributed by atoms with Gasteiger partial charge in [-0.05, 0) is 51.8 Å². The van der Waals surface area contributed by atoms with Crippen LogP contribution in [-0.4, -0.2) is 47.6 Å². The van der Waals surface area contributed by atoms with Crippen LogP contribution in [0.4, 0.5) is 0 Å². The van der Waals surface area contributed by atoms with Gasteiger partial charge in [0.2, 0.25) is 0 Å². The number of fused-ring (bicyclic) bond motifs is 1. The number of aryl methyl sites for hydroxylation is 1. The van der Waals surface area contributed by atoms with Crippen molar-refractivity contribution in [2.24, 2.45) is 5.73 Å². The Kier molecular flexibility index (Phi) is 4.69. The zero-order chi connectivity index (χ0) is 15.0. The quantitative estimate of drug-likeness (QED) is 0.928. The molecule has 0 amide bonds. The van der Waals surface area contributed by atoms with Crippen LogP contribution >= 0.6 is 11.3 Å². The third-order valence-corrected chi connectivity index (χ3v) is 6.34. The Hall–Kier alpha value is -0.420. The molecule has 2 aliphatic rings. The van der Waals surface area contributed by atoms with Gasteiger partial charge in [-0.2, -0.15) is 0 Å². The van der Waals surface area contributed by atoms with Gasteiger partial charge in [0.1, 0.15) is 0 Å². The zero-order valence-corrected chi connectivity index (χ0v) is 14.4. The van der Waals surface area contributed by atoms with Gasteiger partial charge in [0, 0.05) is 41.0 Å². The molecule has 21 heavy (non-hydrogen) atoms. The molecule has 4 unspecified atom stereocenters. The Balaban J connectivity index is 1.85. The van der Waals surface area contributed by atoms with Gasteiger partial charge in [0.15, 0.2) is 0 Å². The molecule has 4 atom stereocenters. The van der Waals surface area contributed by atoms with Crippen LogP contribution in [0.25, 0.3) is 0 Å². The van der Waals surface area contributed by atoms with Crippen LogP contribution in [0.15, 0.2) is 12.1 Å². The molecular weight excluding hydrogens is 278 g/mol. The number of thiophene rings is 1. The second kappa shape index (κ2) is 6.37. The first-order valence-electron chi connectivity index (χ1n) is 8.42. The SMILES string of the molecule is CCC(N)C(c1ccc(C)s1)N1CC2CCCN2CC1C. The van der Waals surface area contributed by atoms with Gasteiger partial charge < -0.3 is 5.73 Å². The molecule has 2 fully saturated rings. The lowest BCUT2D eigenvalue weighted by Gasteiger charge is -2.47. The molecule has 2 N–H and O–H groups in total. The highest BCUT2D eigenvalue weighted by Gasteiger charge is 2.39. The lowest BCUT2D eigenvalue weighted by Crippen LogP contribution is -2.58. The average molecular weight is 308 g/mol. The van der Waals surface area contributed by atoms with E-state index in [0.29, 0.717) is 12.1 Å². The molecule has 0 aliphatic carbocycles. The Morgan fingerprint density at radius 2 is 2.19 bits per heavy atom. The molecule has 0 aromatic carbocycles. The monoisotopic (exact) mass is 307 g/mol. The summed E-state index contributed by atoms with van der Waals surface area (Å²) in [4.78, 5) is 8.24. The van der Waals surface area contributed by atoms with Crippen molar-refractivity contribution in [3.8, 4) is 0 Å². The van der Waals surface area contributed by atoms with E-state index in [-0.39, 0.29) is 6.04 Å². The highest BCUT2D eigenvalue weighted by molar-refractivity contribution is 7.12. The maximum atomic E-state index is 6.54. The van der Waals surface area contributed by atoms with E-state index in [9.17, 15) is 0 Å². The Labute approximate surface area is 133 Å². The fraction of sp³-hybridized carbons (Fsp3) is 0.765. The van der Waals surface area contributed by atoms with E-state index in [1.807, 2.05) is 11.3 Å². The van der Waals surface area contributed by atoms with E-state index < -0.39 is 0 Å². The minimum absolute atomic E-state index is 0.235. The number of nitrogens with zero attached hydrogens (tertiary/aromatic N) is 2. The van der Waals surface area contributed by atoms with Crippen molar-refractivity contribution in [1.29, 1.82) is 0 Å². The molecular formula is C17H29N3S. The summed E-state index contributed by atoms with van der Waals surface area (Å²) >= 11 is 1.93. The summed E-state index contributed by atoms with van der Waals surface area (Å²) in [7, 11) is 0. The maximum absolute atomic E-state index is 6.54. The molecule has 0 spiro atoms. The summed E-state index contributed by atoms with van der Waals surface area (Å²) < 4.78 is 0. The molecule has 1 aromatic heterocycles. The molecule has 2 aliphatic heterocycles. The zero-order valence-electron chi connectivity index (χ0n) is 13.6. The summed E-state index contributed by atoms with van der Waals surface area (Å²) in [5.74, 6) is 0. The minimum atomic E-state index is 0.235. The summed E-state index contributed by atoms with van der Waals surface area (Å²) in [5.41, 5.74) is 6.54. The van der Waals surface area contributed by atoms with Crippen LogP contribution in [0.1, 0.15) is 48.9 Å². The fourth-order valence-electron chi connectivity index (χ4n) is 4.05. The van der Waals surface area contributed by atoms with Gasteiger partial charge in [-0.15, -0.1) is 11.3 Å². The summed E-state index contributed by atoms with van der Waals surface area (Å²) in [5, 5.41) is 0. The highest BCUT2D eigenvalue weighted by atomic mass is 32.1. The predicted molar refractivity (Wildman–Crippen MR) is 90.8 cm³/mol. The van der Waals surface area contributed by atoms with E-state index >= 15 is 0 Å². The number of piperazine rings is 1. The van der Waals surface area contributed by atoms with Crippen molar-refractivity contribution in [3.05, 3.63) is 21.9 Å². The van der Waals surface area contributed by atoms with Gasteiger partial charge in [0.25, 0.3) is 0 Å². The van der Waals surface area contributed by atoms with E-state index in [1.54, 1.807) is 0 Å². The molecule has 118 valence electrons. The van der Waals surface area contributed by atoms with Crippen molar-refractivity contribution >= 4 is 11.3 Å². The fourth-order valence-corrected chi connectivity index (χ4v) is 5.13. The number of hydrogen-bond acceptors (Lipinski definition) is 4. The molecule has 0 bridgehead atoms. The van der Waals surface area contributed by atoms with Crippen LogP contribution in [0.2, 0.25) is 0 Å². The van der Waals surface area contributed by atoms with Crippen LogP contribution in [0.3, 0.4) is 0 Å². The lowest BCUT2D eigenvalue weighted by molar-refractivity contribution is 0.0195. The Morgan fingerprint density at radius 1 is 1.38 bits per heavy atom. The van der Waals surface area contributed by atoms with Crippen LogP contribution < -0.4 is 5.73 Å². The van der Waals surface area contributed by atoms with Gasteiger partial charge in [0.05, 0.1) is 6.04 Å². The van der Waals surface area contributed by atoms with Gasteiger partial charge in [-0.25, -0.2) is 0 Å². The third kappa shape index (κ3) is 3.04. The molecule has 0 saturated carbocycles. The van der Waals surface area contributed by atoms with Crippen LogP contribution in [0.5, 0.6) is 0 Å². The second-order valence-corrected chi connectivity index (χ2v) is 8.12. The Morgan fingerprint density at radius 3 is 2.86 bits per heavy atom. The number of rotatable bonds is 4. The summed E-state index contributed by atoms with van der Waals surface area (Å²) in [6.45, 7) is 10.5. The second-order valence-electron chi connectivity index (χ2n) is 6.80. The smallest absolute Gasteiger partial charge is 0.0596 e. The summed E-state index contributed by atoms with van der Waals surface area (Å²) in [6.07, 6.45) is 3.77. The number of nitrogens with two attached hydrogens (primary N) is 1. The van der Waals surface area contributed by atoms with E-state index in [0.717, 1.165) is 12.5 Å². The third-order valence-electron chi connectivity index (χ3n) is 5.27. The number of hydrogen-bond donors (Lipinski definition) is 1. The van der Waals surface area contributed by atoms with Gasteiger partial charge in [-0.1, -0.05) is 6.92 Å². The van der Waals surface area contributed by atoms with Gasteiger partial charge in [-0.3, -0.25) is 9.80 Å². The maximum Gasteiger partial charge on any atom is 0.0596 e. The predicted octanol–water partition coefficient (Wildman–Crippen LogP) is 3.00. The van der Waals surface area contributed by atoms with Gasteiger partial charge >= 0.3 is 0 Å². The molecule has 3 nitrogen and oxygen atoms in total. The normalized spacial score (nSPS) is 30.3. The molecule has 3 rings (SSSR count). The highest BCUT2D eigenvalue weighted by Crippen LogP contribution is 2.36. The molecule has 2 saturated heterocycles. The lowest BCUT2D eigenvalue weighted by atomic mass is 9.97. The summed E-state index contributed by atoms with van der Waals surface area (Å²) in [6, 6.07) is 6.53. The van der Waals surface area contributed by atoms with Crippen molar-refractivity contribution in [2.45, 2.75) is 64.2 Å². The molecule has 4 heteroatoms. The standard InChI is InChI=1S/C17H29N3S/c1-4-15(18)17(16-8-7-13(3)21-16)20-11-14-6-5-9-19(14)10-12(20)2/h7-8,12,14-15,17H,4-6,9-11,18H2,1-3H3. The van der Waals surface area contributed by atoms with E-state index in [1.165, 1.54) is 42.2 Å². The van der Waals surface area contributed by atoms with Crippen molar-refractivity contribution in [1.82, 2.24) is 9.80 Å². The van der Waals surface area contributed by atoms with E-state index in [4.69, 9.17) is 5.73 Å². The van der Waals surface area contributed by atoms with E-state index in [2.05, 4.69) is 42.7 Å². The topological polar surface area (TPSA) is 32.5 Å². The molecule has 0 radical (unpaired) electrons. The Bertz CT molecular complexity index is 472. The minimum Gasteiger partial charge on any atom is -0.326 e. The first-order valence-corrected chi connectivity index (χ1v) is 9.23. The van der Waals surface area contributed by atoms with Crippen LogP contribution in [0, 0.1) is 6.92 Å². The average Bonchev–Trinajstić information content (AvgIpc) is 3.08.